The minimum atomic E-state index is -0.910. The number of rotatable bonds is 12. The van der Waals surface area contributed by atoms with Gasteiger partial charge in [0, 0.05) is 20.2 Å². The third-order valence-electron chi connectivity index (χ3n) is 12.0. The number of imidazole rings is 2. The van der Waals surface area contributed by atoms with Crippen LogP contribution in [0.25, 0.3) is 44.5 Å². The summed E-state index contributed by atoms with van der Waals surface area (Å²) in [5, 5.41) is 5.36. The maximum Gasteiger partial charge on any atom is 0.407 e. The van der Waals surface area contributed by atoms with E-state index in [2.05, 4.69) is 95.1 Å². The minimum absolute atomic E-state index is 0.116. The van der Waals surface area contributed by atoms with Crippen molar-refractivity contribution < 1.29 is 33.4 Å². The van der Waals surface area contributed by atoms with Crippen molar-refractivity contribution in [3.8, 4) is 33.5 Å². The van der Waals surface area contributed by atoms with Crippen LogP contribution >= 0.6 is 0 Å². The molecule has 2 saturated heterocycles. The van der Waals surface area contributed by atoms with Gasteiger partial charge in [0.05, 0.1) is 55.3 Å². The van der Waals surface area contributed by atoms with Gasteiger partial charge >= 0.3 is 12.2 Å². The van der Waals surface area contributed by atoms with Crippen LogP contribution in [0.5, 0.6) is 0 Å². The molecule has 322 valence electrons. The van der Waals surface area contributed by atoms with Gasteiger partial charge in [0.2, 0.25) is 11.8 Å². The van der Waals surface area contributed by atoms with E-state index in [9.17, 15) is 19.2 Å². The lowest BCUT2D eigenvalue weighted by Crippen LogP contribution is -2.54. The van der Waals surface area contributed by atoms with Gasteiger partial charge in [0.15, 0.2) is 0 Å². The number of nitrogens with one attached hydrogen (secondary N) is 4. The van der Waals surface area contributed by atoms with Crippen molar-refractivity contribution in [2.75, 3.05) is 34.4 Å². The quantitative estimate of drug-likeness (QED) is 0.101. The average Bonchev–Trinajstić information content (AvgIpc) is 4.09. The molecule has 4 amide bonds. The second-order valence-corrected chi connectivity index (χ2v) is 16.8. The average molecular weight is 833 g/mol. The van der Waals surface area contributed by atoms with E-state index in [0.717, 1.165) is 63.2 Å². The number of benzene rings is 3. The summed E-state index contributed by atoms with van der Waals surface area (Å²) in [6.07, 6.45) is 1.42. The summed E-state index contributed by atoms with van der Waals surface area (Å²) in [5.74, 6) is 1.43. The zero-order valence-electron chi connectivity index (χ0n) is 36.0. The number of amides is 4. The minimum Gasteiger partial charge on any atom is -0.453 e. The number of likely N-dealkylation sites (tertiary alicyclic amines) is 2. The smallest absolute Gasteiger partial charge is 0.407 e. The molecule has 0 radical (unpaired) electrons. The van der Waals surface area contributed by atoms with Gasteiger partial charge in [-0.3, -0.25) is 9.59 Å². The number of hydrogen-bond acceptors (Lipinski definition) is 9. The first kappa shape index (κ1) is 42.9. The van der Waals surface area contributed by atoms with Crippen molar-refractivity contribution in [2.24, 2.45) is 17.8 Å². The maximum absolute atomic E-state index is 13.8. The topological polar surface area (TPSA) is 184 Å². The molecule has 0 saturated carbocycles. The van der Waals surface area contributed by atoms with Crippen LogP contribution in [0.4, 0.5) is 9.59 Å². The first-order valence-electron chi connectivity index (χ1n) is 20.9. The fraction of sp³-hybridized carbons (Fsp3) is 0.435. The van der Waals surface area contributed by atoms with Gasteiger partial charge in [0.25, 0.3) is 0 Å². The number of hydrogen-bond donors (Lipinski definition) is 4. The monoisotopic (exact) mass is 832 g/mol. The van der Waals surface area contributed by atoms with Gasteiger partial charge in [-0.15, -0.1) is 0 Å². The molecule has 15 nitrogen and oxygen atoms in total. The lowest BCUT2D eigenvalue weighted by molar-refractivity contribution is -0.138. The molecule has 2 aliphatic heterocycles. The molecule has 61 heavy (non-hydrogen) atoms. The highest BCUT2D eigenvalue weighted by molar-refractivity contribution is 5.88. The van der Waals surface area contributed by atoms with Crippen LogP contribution in [0, 0.1) is 17.8 Å². The molecule has 0 aliphatic carbocycles. The Morgan fingerprint density at radius 3 is 1.70 bits per heavy atom. The molecule has 15 heteroatoms. The summed E-state index contributed by atoms with van der Waals surface area (Å²) < 4.78 is 15.0. The first-order chi connectivity index (χ1) is 29.3. The van der Waals surface area contributed by atoms with E-state index in [0.29, 0.717) is 18.9 Å². The van der Waals surface area contributed by atoms with Crippen molar-refractivity contribution in [1.82, 2.24) is 40.4 Å². The lowest BCUT2D eigenvalue weighted by Gasteiger charge is -2.30. The number of ether oxygens (including phenoxy) is 3. The van der Waals surface area contributed by atoms with Gasteiger partial charge in [-0.2, -0.15) is 0 Å². The summed E-state index contributed by atoms with van der Waals surface area (Å²) in [6.45, 7) is 10.9. The number of methoxy groups -OCH3 is 3. The van der Waals surface area contributed by atoms with Crippen molar-refractivity contribution >= 4 is 35.0 Å². The van der Waals surface area contributed by atoms with Crippen molar-refractivity contribution in [1.29, 1.82) is 0 Å². The van der Waals surface area contributed by atoms with Crippen molar-refractivity contribution in [2.45, 2.75) is 77.7 Å². The zero-order valence-corrected chi connectivity index (χ0v) is 36.0. The Morgan fingerprint density at radius 1 is 0.672 bits per heavy atom. The Balaban J connectivity index is 1.03. The molecule has 0 spiro atoms. The van der Waals surface area contributed by atoms with Crippen LogP contribution in [-0.2, 0) is 23.8 Å². The number of aromatic amines is 2. The lowest BCUT2D eigenvalue weighted by atomic mass is 9.99. The highest BCUT2D eigenvalue weighted by Gasteiger charge is 2.42. The molecule has 2 aromatic heterocycles. The maximum atomic E-state index is 13.8. The molecular formula is C46H56N8O7. The number of H-pyrrole nitrogens is 2. The van der Waals surface area contributed by atoms with Crippen LogP contribution < -0.4 is 10.6 Å². The molecule has 4 heterocycles. The van der Waals surface area contributed by atoms with Crippen molar-refractivity contribution in [3.63, 3.8) is 0 Å². The molecule has 3 aromatic carbocycles. The molecule has 4 N–H and O–H groups in total. The summed E-state index contributed by atoms with van der Waals surface area (Å²) in [4.78, 5) is 71.9. The van der Waals surface area contributed by atoms with Gasteiger partial charge in [0.1, 0.15) is 23.7 Å². The van der Waals surface area contributed by atoms with E-state index in [1.165, 1.54) is 21.3 Å². The molecule has 2 aliphatic rings. The first-order valence-corrected chi connectivity index (χ1v) is 20.9. The van der Waals surface area contributed by atoms with Crippen LogP contribution in [0.15, 0.2) is 72.9 Å². The van der Waals surface area contributed by atoms with E-state index >= 15 is 0 Å². The second kappa shape index (κ2) is 18.2. The fourth-order valence-corrected chi connectivity index (χ4v) is 8.57. The molecule has 2 fully saturated rings. The van der Waals surface area contributed by atoms with Gasteiger partial charge in [-0.25, -0.2) is 19.6 Å². The Kier molecular flexibility index (Phi) is 12.8. The Morgan fingerprint density at radius 2 is 1.16 bits per heavy atom. The summed E-state index contributed by atoms with van der Waals surface area (Å²) in [5.41, 5.74) is 7.72. The molecule has 0 bridgehead atoms. The van der Waals surface area contributed by atoms with Crippen molar-refractivity contribution in [3.05, 3.63) is 84.6 Å². The standard InChI is InChI=1S/C46H56N8O7/c1-25(2)39(51-45(57)60-7)43(55)53-23-26(3)19-37(53)41-47-22-36(50-41)32-15-13-30(14-16-32)29-9-11-31(12-10-29)33-17-18-34-35(21-33)49-42(48-34)38-20-27(4)24-54(38)44(56)40(28(5)59-6)52-46(58)61-8/h9-18,21-22,25-28,37-40H,19-20,23-24H2,1-8H3,(H,47,50)(H,48,49)(H,51,57)(H,52,58)/t26-,27-,28+,37-,38-,39-,40-/m0/s1. The summed E-state index contributed by atoms with van der Waals surface area (Å²) in [6, 6.07) is 20.7. The second-order valence-electron chi connectivity index (χ2n) is 16.8. The van der Waals surface area contributed by atoms with Gasteiger partial charge in [-0.1, -0.05) is 82.3 Å². The highest BCUT2D eigenvalue weighted by Crippen LogP contribution is 2.38. The molecule has 5 aromatic rings. The summed E-state index contributed by atoms with van der Waals surface area (Å²) >= 11 is 0. The number of aromatic nitrogens is 4. The number of nitrogens with zero attached hydrogens (tertiary/aromatic N) is 4. The highest BCUT2D eigenvalue weighted by atomic mass is 16.5. The zero-order chi connectivity index (χ0) is 43.5. The van der Waals surface area contributed by atoms with E-state index in [1.54, 1.807) is 11.8 Å². The Bertz CT molecular complexity index is 2360. The van der Waals surface area contributed by atoms with Crippen LogP contribution in [0.3, 0.4) is 0 Å². The predicted octanol–water partition coefficient (Wildman–Crippen LogP) is 7.25. The van der Waals surface area contributed by atoms with Crippen LogP contribution in [0.1, 0.15) is 71.2 Å². The molecule has 7 rings (SSSR count). The third kappa shape index (κ3) is 9.11. The normalized spacial score (nSPS) is 20.4. The number of alkyl carbamates (subject to hydrolysis) is 2. The Hall–Kier alpha value is -6.22. The molecule has 0 unspecified atom stereocenters. The SMILES string of the molecule is COC(=O)N[C@H](C(=O)N1C[C@@H](C)C[C@H]1c1ncc(-c2ccc(-c3ccc(-c4ccc5nc([C@@H]6C[C@H](C)CN6C(=O)[C@@H](NC(=O)OC)[C@@H](C)OC)[nH]c5c4)cc3)cc2)[nH]1)C(C)C. The number of carbonyl (C=O) groups is 4. The van der Waals surface area contributed by atoms with E-state index in [-0.39, 0.29) is 41.7 Å². The molecular weight excluding hydrogens is 777 g/mol. The molecule has 7 atom stereocenters. The van der Waals surface area contributed by atoms with Crippen LogP contribution in [0.2, 0.25) is 0 Å². The Labute approximate surface area is 355 Å². The number of carbonyl (C=O) groups excluding carboxylic acids is 4. The fourth-order valence-electron chi connectivity index (χ4n) is 8.57. The third-order valence-corrected chi connectivity index (χ3v) is 12.0. The largest absolute Gasteiger partial charge is 0.453 e. The van der Waals surface area contributed by atoms with Gasteiger partial charge in [-0.05, 0) is 77.5 Å². The summed E-state index contributed by atoms with van der Waals surface area (Å²) in [7, 11) is 4.06. The van der Waals surface area contributed by atoms with Crippen LogP contribution in [-0.4, -0.2) is 106 Å². The van der Waals surface area contributed by atoms with E-state index < -0.39 is 30.4 Å². The predicted molar refractivity (Wildman–Crippen MR) is 231 cm³/mol. The van der Waals surface area contributed by atoms with Gasteiger partial charge < -0.3 is 44.6 Å². The van der Waals surface area contributed by atoms with E-state index in [1.807, 2.05) is 31.0 Å². The number of fused-ring (bicyclic) bond motifs is 1. The van der Waals surface area contributed by atoms with E-state index in [4.69, 9.17) is 24.2 Å².